The Kier molecular flexibility index (Phi) is 6.57. The van der Waals surface area contributed by atoms with Crippen LogP contribution < -0.4 is 9.62 Å². The van der Waals surface area contributed by atoms with E-state index in [-0.39, 0.29) is 12.3 Å². The molecule has 1 aromatic carbocycles. The van der Waals surface area contributed by atoms with Crippen molar-refractivity contribution in [3.05, 3.63) is 23.8 Å². The Balaban J connectivity index is 2.32. The standard InChI is InChI=1S/C17H29N3O4S2/c1-5-10-26(23,24)18-16-8-9-17(19(2)3)15(11-16)13-20(25(4,21)22)12-14-6-7-14/h8-9,11,14,18H,5-7,10,12-13H2,1-4H3. The lowest BCUT2D eigenvalue weighted by Gasteiger charge is -2.24. The first-order chi connectivity index (χ1) is 12.0. The third-order valence-electron chi connectivity index (χ3n) is 4.28. The van der Waals surface area contributed by atoms with E-state index in [1.165, 1.54) is 10.6 Å². The molecule has 0 atom stereocenters. The molecule has 0 heterocycles. The molecule has 1 N–H and O–H groups in total. The van der Waals surface area contributed by atoms with Gasteiger partial charge in [0.15, 0.2) is 0 Å². The van der Waals surface area contributed by atoms with Crippen LogP contribution >= 0.6 is 0 Å². The maximum absolute atomic E-state index is 12.2. The van der Waals surface area contributed by atoms with Gasteiger partial charge in [0.05, 0.1) is 12.0 Å². The number of rotatable bonds is 10. The topological polar surface area (TPSA) is 86.8 Å². The van der Waals surface area contributed by atoms with E-state index in [9.17, 15) is 16.8 Å². The minimum Gasteiger partial charge on any atom is -0.377 e. The Morgan fingerprint density at radius 2 is 1.81 bits per heavy atom. The number of nitrogens with one attached hydrogen (secondary N) is 1. The molecule has 0 saturated heterocycles. The normalized spacial score (nSPS) is 15.3. The van der Waals surface area contributed by atoms with Crippen molar-refractivity contribution >= 4 is 31.4 Å². The highest BCUT2D eigenvalue weighted by molar-refractivity contribution is 7.92. The van der Waals surface area contributed by atoms with Crippen LogP contribution in [0.15, 0.2) is 18.2 Å². The van der Waals surface area contributed by atoms with Crippen LogP contribution in [0.5, 0.6) is 0 Å². The minimum atomic E-state index is -3.40. The maximum Gasteiger partial charge on any atom is 0.232 e. The van der Waals surface area contributed by atoms with Crippen LogP contribution in [0, 0.1) is 5.92 Å². The summed E-state index contributed by atoms with van der Waals surface area (Å²) in [6, 6.07) is 5.25. The fourth-order valence-electron chi connectivity index (χ4n) is 2.81. The SMILES string of the molecule is CCCS(=O)(=O)Nc1ccc(N(C)C)c(CN(CC2CC2)S(C)(=O)=O)c1. The van der Waals surface area contributed by atoms with Gasteiger partial charge < -0.3 is 4.90 Å². The van der Waals surface area contributed by atoms with E-state index in [4.69, 9.17) is 0 Å². The van der Waals surface area contributed by atoms with Crippen molar-refractivity contribution in [3.63, 3.8) is 0 Å². The summed E-state index contributed by atoms with van der Waals surface area (Å²) in [7, 11) is -2.98. The summed E-state index contributed by atoms with van der Waals surface area (Å²) in [5.41, 5.74) is 2.10. The molecule has 1 aromatic rings. The zero-order chi connectivity index (χ0) is 19.5. The summed E-state index contributed by atoms with van der Waals surface area (Å²) in [6.07, 6.45) is 3.87. The third kappa shape index (κ3) is 6.14. The van der Waals surface area contributed by atoms with Gasteiger partial charge in [-0.1, -0.05) is 6.92 Å². The quantitative estimate of drug-likeness (QED) is 0.646. The Hall–Kier alpha value is -1.32. The van der Waals surface area contributed by atoms with E-state index in [1.807, 2.05) is 32.0 Å². The lowest BCUT2D eigenvalue weighted by molar-refractivity contribution is 0.395. The largest absolute Gasteiger partial charge is 0.377 e. The fourth-order valence-corrected chi connectivity index (χ4v) is 4.79. The van der Waals surface area contributed by atoms with Gasteiger partial charge in [0.25, 0.3) is 0 Å². The van der Waals surface area contributed by atoms with E-state index >= 15 is 0 Å². The van der Waals surface area contributed by atoms with Crippen molar-refractivity contribution in [1.82, 2.24) is 4.31 Å². The summed E-state index contributed by atoms with van der Waals surface area (Å²) in [5, 5.41) is 0. The van der Waals surface area contributed by atoms with Crippen molar-refractivity contribution in [3.8, 4) is 0 Å². The summed E-state index contributed by atoms with van der Waals surface area (Å²) in [5.74, 6) is 0.480. The predicted octanol–water partition coefficient (Wildman–Crippen LogP) is 2.08. The number of hydrogen-bond donors (Lipinski definition) is 1. The molecule has 0 spiro atoms. The van der Waals surface area contributed by atoms with Crippen molar-refractivity contribution < 1.29 is 16.8 Å². The average Bonchev–Trinajstić information content (AvgIpc) is 3.29. The first kappa shape index (κ1) is 21.0. The van der Waals surface area contributed by atoms with Crippen molar-refractivity contribution in [2.45, 2.75) is 32.7 Å². The highest BCUT2D eigenvalue weighted by atomic mass is 32.2. The van der Waals surface area contributed by atoms with Crippen molar-refractivity contribution in [2.24, 2.45) is 5.92 Å². The predicted molar refractivity (Wildman–Crippen MR) is 106 cm³/mol. The molecule has 1 fully saturated rings. The first-order valence-corrected chi connectivity index (χ1v) is 12.3. The lowest BCUT2D eigenvalue weighted by atomic mass is 10.1. The molecule has 0 aromatic heterocycles. The van der Waals surface area contributed by atoms with Gasteiger partial charge in [-0.15, -0.1) is 0 Å². The second-order valence-electron chi connectivity index (χ2n) is 7.16. The van der Waals surface area contributed by atoms with Gasteiger partial charge in [0.1, 0.15) is 0 Å². The molecule has 0 unspecified atom stereocenters. The van der Waals surface area contributed by atoms with E-state index in [2.05, 4.69) is 4.72 Å². The zero-order valence-corrected chi connectivity index (χ0v) is 17.5. The van der Waals surface area contributed by atoms with Crippen molar-refractivity contribution in [2.75, 3.05) is 42.3 Å². The molecule has 26 heavy (non-hydrogen) atoms. The molecular weight excluding hydrogens is 374 g/mol. The molecule has 2 rings (SSSR count). The molecule has 0 radical (unpaired) electrons. The molecule has 7 nitrogen and oxygen atoms in total. The first-order valence-electron chi connectivity index (χ1n) is 8.77. The summed E-state index contributed by atoms with van der Waals surface area (Å²) in [4.78, 5) is 1.90. The second kappa shape index (κ2) is 8.14. The van der Waals surface area contributed by atoms with E-state index in [1.54, 1.807) is 12.1 Å². The monoisotopic (exact) mass is 403 g/mol. The van der Waals surface area contributed by atoms with Crippen LogP contribution in [0.4, 0.5) is 11.4 Å². The number of nitrogens with zero attached hydrogens (tertiary/aromatic N) is 2. The average molecular weight is 404 g/mol. The number of anilines is 2. The Bertz CT molecular complexity index is 832. The molecular formula is C17H29N3O4S2. The molecule has 148 valence electrons. The van der Waals surface area contributed by atoms with Gasteiger partial charge in [-0.3, -0.25) is 4.72 Å². The van der Waals surface area contributed by atoms with Gasteiger partial charge in [0, 0.05) is 38.6 Å². The highest BCUT2D eigenvalue weighted by Gasteiger charge is 2.29. The van der Waals surface area contributed by atoms with E-state index in [0.717, 1.165) is 24.1 Å². The van der Waals surface area contributed by atoms with E-state index in [0.29, 0.717) is 24.6 Å². The summed E-state index contributed by atoms with van der Waals surface area (Å²) < 4.78 is 52.5. The zero-order valence-electron chi connectivity index (χ0n) is 15.9. The minimum absolute atomic E-state index is 0.0505. The van der Waals surface area contributed by atoms with Crippen LogP contribution in [0.1, 0.15) is 31.7 Å². The Morgan fingerprint density at radius 1 is 1.15 bits per heavy atom. The van der Waals surface area contributed by atoms with Gasteiger partial charge in [0.2, 0.25) is 20.0 Å². The molecule has 1 saturated carbocycles. The summed E-state index contributed by atoms with van der Waals surface area (Å²) in [6.45, 7) is 2.55. The molecule has 0 bridgehead atoms. The fraction of sp³-hybridized carbons (Fsp3) is 0.647. The number of benzene rings is 1. The van der Waals surface area contributed by atoms with Crippen LogP contribution in [0.2, 0.25) is 0 Å². The van der Waals surface area contributed by atoms with Crippen LogP contribution in [0.3, 0.4) is 0 Å². The smallest absolute Gasteiger partial charge is 0.232 e. The van der Waals surface area contributed by atoms with Gasteiger partial charge in [-0.2, -0.15) is 4.31 Å². The van der Waals surface area contributed by atoms with Crippen LogP contribution in [0.25, 0.3) is 0 Å². The number of sulfonamides is 2. The van der Waals surface area contributed by atoms with Gasteiger partial charge >= 0.3 is 0 Å². The lowest BCUT2D eigenvalue weighted by Crippen LogP contribution is -2.32. The molecule has 1 aliphatic rings. The summed E-state index contributed by atoms with van der Waals surface area (Å²) >= 11 is 0. The molecule has 0 amide bonds. The van der Waals surface area contributed by atoms with Crippen LogP contribution in [-0.2, 0) is 26.6 Å². The number of hydrogen-bond acceptors (Lipinski definition) is 5. The maximum atomic E-state index is 12.2. The van der Waals surface area contributed by atoms with E-state index < -0.39 is 20.0 Å². The Labute approximate surface area is 157 Å². The second-order valence-corrected chi connectivity index (χ2v) is 11.0. The van der Waals surface area contributed by atoms with Gasteiger partial charge in [-0.05, 0) is 48.9 Å². The van der Waals surface area contributed by atoms with Crippen molar-refractivity contribution in [1.29, 1.82) is 0 Å². The molecule has 9 heteroatoms. The highest BCUT2D eigenvalue weighted by Crippen LogP contribution is 2.32. The Morgan fingerprint density at radius 3 is 2.31 bits per heavy atom. The molecule has 0 aliphatic heterocycles. The molecule has 1 aliphatic carbocycles. The van der Waals surface area contributed by atoms with Crippen LogP contribution in [-0.4, -0.2) is 53.8 Å². The third-order valence-corrected chi connectivity index (χ3v) is 6.99. The van der Waals surface area contributed by atoms with Gasteiger partial charge in [-0.25, -0.2) is 16.8 Å².